The standard InChI is InChI=1S/C4H2O2/c1-2-4-5-3(1)6-4/h1-2H. The van der Waals surface area contributed by atoms with Crippen molar-refractivity contribution in [3.63, 3.8) is 0 Å². The summed E-state index contributed by atoms with van der Waals surface area (Å²) in [6.07, 6.45) is 0. The van der Waals surface area contributed by atoms with E-state index in [2.05, 4.69) is 0 Å². The molecule has 0 saturated carbocycles. The Hall–Kier alpha value is -0.920. The Labute approximate surface area is 33.7 Å². The van der Waals surface area contributed by atoms with E-state index in [1.54, 1.807) is 12.1 Å². The Morgan fingerprint density at radius 3 is 1.67 bits per heavy atom. The third-order valence-electron chi connectivity index (χ3n) is 0.758. The highest BCUT2D eigenvalue weighted by atomic mass is 16.6. The predicted octanol–water partition coefficient (Wildman–Crippen LogP) is 1.46. The maximum absolute atomic E-state index is 4.75. The van der Waals surface area contributed by atoms with Crippen LogP contribution in [-0.4, -0.2) is 0 Å². The second kappa shape index (κ2) is 0.469. The first-order valence-corrected chi connectivity index (χ1v) is 1.73. The van der Waals surface area contributed by atoms with E-state index in [9.17, 15) is 0 Å². The van der Waals surface area contributed by atoms with Crippen LogP contribution in [0.25, 0.3) is 11.6 Å². The summed E-state index contributed by atoms with van der Waals surface area (Å²) >= 11 is 0. The van der Waals surface area contributed by atoms with Gasteiger partial charge in [0.05, 0.1) is 0 Å². The zero-order valence-corrected chi connectivity index (χ0v) is 2.97. The second-order valence-corrected chi connectivity index (χ2v) is 1.18. The van der Waals surface area contributed by atoms with Crippen molar-refractivity contribution in [1.82, 2.24) is 0 Å². The molecule has 3 heterocycles. The van der Waals surface area contributed by atoms with Crippen LogP contribution in [0.2, 0.25) is 0 Å². The summed E-state index contributed by atoms with van der Waals surface area (Å²) in [7, 11) is 0. The zero-order chi connectivity index (χ0) is 3.98. The van der Waals surface area contributed by atoms with Crippen LogP contribution in [0.5, 0.6) is 0 Å². The Balaban J connectivity index is 3.24. The predicted molar refractivity (Wildman–Crippen MR) is 19.7 cm³/mol. The topological polar surface area (TPSA) is 26.3 Å². The molecule has 0 aliphatic rings. The molecule has 0 atom stereocenters. The Kier molecular flexibility index (Phi) is 0.179. The first-order chi connectivity index (χ1) is 2.95. The molecule has 2 nitrogen and oxygen atoms in total. The molecule has 0 unspecified atom stereocenters. The van der Waals surface area contributed by atoms with E-state index in [1.165, 1.54) is 0 Å². The van der Waals surface area contributed by atoms with E-state index in [4.69, 9.17) is 8.83 Å². The minimum atomic E-state index is 0.630. The molecule has 0 fully saturated rings. The Morgan fingerprint density at radius 1 is 1.00 bits per heavy atom. The molecule has 0 saturated heterocycles. The highest BCUT2D eigenvalue weighted by Gasteiger charge is 2.00. The second-order valence-electron chi connectivity index (χ2n) is 1.18. The van der Waals surface area contributed by atoms with Crippen molar-refractivity contribution in [3.8, 4) is 0 Å². The molecule has 3 aromatic heterocycles. The zero-order valence-electron chi connectivity index (χ0n) is 2.97. The van der Waals surface area contributed by atoms with Gasteiger partial charge in [0.1, 0.15) is 0 Å². The maximum Gasteiger partial charge on any atom is 0.295 e. The number of furan rings is 2. The molecular weight excluding hydrogens is 80.0 g/mol. The van der Waals surface area contributed by atoms with E-state index in [0.29, 0.717) is 11.6 Å². The van der Waals surface area contributed by atoms with Gasteiger partial charge in [-0.2, -0.15) is 0 Å². The summed E-state index contributed by atoms with van der Waals surface area (Å²) in [5, 5.41) is 0. The van der Waals surface area contributed by atoms with Gasteiger partial charge in [-0.05, 0) is 0 Å². The highest BCUT2D eigenvalue weighted by Crippen LogP contribution is 2.18. The molecule has 3 rings (SSSR count). The van der Waals surface area contributed by atoms with E-state index < -0.39 is 0 Å². The van der Waals surface area contributed by atoms with Crippen LogP contribution in [0.1, 0.15) is 0 Å². The van der Waals surface area contributed by atoms with Gasteiger partial charge < -0.3 is 8.83 Å². The monoisotopic (exact) mass is 82.0 g/mol. The fourth-order valence-electron chi connectivity index (χ4n) is 0.478. The fourth-order valence-corrected chi connectivity index (χ4v) is 0.478. The molecule has 30 valence electrons. The van der Waals surface area contributed by atoms with Crippen LogP contribution < -0.4 is 0 Å². The lowest BCUT2D eigenvalue weighted by molar-refractivity contribution is 0.378. The molecule has 3 aromatic rings. The summed E-state index contributed by atoms with van der Waals surface area (Å²) in [6, 6.07) is 3.57. The lowest BCUT2D eigenvalue weighted by Gasteiger charge is -1.82. The molecule has 2 bridgehead atoms. The molecule has 6 heavy (non-hydrogen) atoms. The SMILES string of the molecule is c1cc2oc1o2. The van der Waals surface area contributed by atoms with Gasteiger partial charge in [0, 0.05) is 12.1 Å². The van der Waals surface area contributed by atoms with E-state index in [1.807, 2.05) is 0 Å². The van der Waals surface area contributed by atoms with Crippen LogP contribution in [-0.2, 0) is 0 Å². The lowest BCUT2D eigenvalue weighted by atomic mass is 10.7. The van der Waals surface area contributed by atoms with Crippen LogP contribution in [0.4, 0.5) is 0 Å². The molecule has 0 spiro atoms. The number of hydrogen-bond donors (Lipinski definition) is 0. The van der Waals surface area contributed by atoms with Crippen molar-refractivity contribution in [1.29, 1.82) is 0 Å². The molecule has 0 radical (unpaired) electrons. The van der Waals surface area contributed by atoms with Crippen molar-refractivity contribution < 1.29 is 8.83 Å². The Morgan fingerprint density at radius 2 is 1.50 bits per heavy atom. The minimum Gasteiger partial charge on any atom is -0.392 e. The van der Waals surface area contributed by atoms with Crippen molar-refractivity contribution in [2.24, 2.45) is 0 Å². The van der Waals surface area contributed by atoms with Gasteiger partial charge >= 0.3 is 0 Å². The molecule has 0 N–H and O–H groups in total. The lowest BCUT2D eigenvalue weighted by Crippen LogP contribution is -1.54. The average Bonchev–Trinajstić information content (AvgIpc) is 1.72. The molecular formula is C4H2O2. The van der Waals surface area contributed by atoms with E-state index in [-0.39, 0.29) is 0 Å². The summed E-state index contributed by atoms with van der Waals surface area (Å²) < 4.78 is 9.50. The van der Waals surface area contributed by atoms with Gasteiger partial charge in [-0.25, -0.2) is 0 Å². The van der Waals surface area contributed by atoms with Crippen molar-refractivity contribution in [2.75, 3.05) is 0 Å². The maximum atomic E-state index is 4.75. The van der Waals surface area contributed by atoms with Gasteiger partial charge in [0.2, 0.25) is 0 Å². The van der Waals surface area contributed by atoms with Gasteiger partial charge in [0.15, 0.2) is 0 Å². The fraction of sp³-hybridized carbons (Fsp3) is 0. The first-order valence-electron chi connectivity index (χ1n) is 1.73. The molecule has 2 heteroatoms. The third-order valence-corrected chi connectivity index (χ3v) is 0.758. The molecule has 0 amide bonds. The van der Waals surface area contributed by atoms with Gasteiger partial charge in [-0.3, -0.25) is 0 Å². The van der Waals surface area contributed by atoms with Gasteiger partial charge in [-0.1, -0.05) is 0 Å². The molecule has 0 aromatic carbocycles. The summed E-state index contributed by atoms with van der Waals surface area (Å²) in [5.74, 6) is 1.26. The Bertz CT molecular complexity index is 167. The van der Waals surface area contributed by atoms with Crippen molar-refractivity contribution in [2.45, 2.75) is 0 Å². The number of hydrogen-bond acceptors (Lipinski definition) is 2. The van der Waals surface area contributed by atoms with Crippen LogP contribution in [0.15, 0.2) is 21.0 Å². The van der Waals surface area contributed by atoms with Crippen LogP contribution in [0.3, 0.4) is 0 Å². The largest absolute Gasteiger partial charge is 0.392 e. The highest BCUT2D eigenvalue weighted by molar-refractivity contribution is 5.47. The number of fused-ring (bicyclic) bond motifs is 1. The minimum absolute atomic E-state index is 0.630. The summed E-state index contributed by atoms with van der Waals surface area (Å²) in [5.41, 5.74) is 0. The first kappa shape index (κ1) is 2.29. The smallest absolute Gasteiger partial charge is 0.295 e. The van der Waals surface area contributed by atoms with Crippen LogP contribution in [0, 0.1) is 0 Å². The average molecular weight is 82.1 g/mol. The third kappa shape index (κ3) is 0.0913. The van der Waals surface area contributed by atoms with Crippen molar-refractivity contribution in [3.05, 3.63) is 12.1 Å². The van der Waals surface area contributed by atoms with Gasteiger partial charge in [0.25, 0.3) is 11.6 Å². The van der Waals surface area contributed by atoms with E-state index >= 15 is 0 Å². The quantitative estimate of drug-likeness (QED) is 0.481. The summed E-state index contributed by atoms with van der Waals surface area (Å²) in [4.78, 5) is 0. The van der Waals surface area contributed by atoms with Gasteiger partial charge in [-0.15, -0.1) is 0 Å². The molecule has 0 aliphatic heterocycles. The van der Waals surface area contributed by atoms with Crippen molar-refractivity contribution >= 4 is 11.6 Å². The summed E-state index contributed by atoms with van der Waals surface area (Å²) in [6.45, 7) is 0. The normalized spacial score (nSPS) is 11.3. The molecule has 0 aliphatic carbocycles. The van der Waals surface area contributed by atoms with Crippen LogP contribution >= 0.6 is 0 Å². The number of rotatable bonds is 0. The van der Waals surface area contributed by atoms with E-state index in [0.717, 1.165) is 0 Å².